The van der Waals surface area contributed by atoms with Crippen molar-refractivity contribution in [3.05, 3.63) is 30.1 Å². The molecule has 1 rings (SSSR count). The number of pyridine rings is 1. The normalized spacial score (nSPS) is 13.2. The van der Waals surface area contributed by atoms with Gasteiger partial charge in [0.15, 0.2) is 0 Å². The van der Waals surface area contributed by atoms with Gasteiger partial charge in [0.05, 0.1) is 5.69 Å². The van der Waals surface area contributed by atoms with Crippen molar-refractivity contribution in [1.29, 1.82) is 0 Å². The minimum absolute atomic E-state index is 0.427. The molecule has 0 amide bonds. The monoisotopic (exact) mass is 178 g/mol. The Kier molecular flexibility index (Phi) is 3.90. The second-order valence-corrected chi connectivity index (χ2v) is 3.15. The SMILES string of the molecule is CCN(CC)C(C)c1ccccn1. The fourth-order valence-corrected chi connectivity index (χ4v) is 1.58. The molecule has 0 radical (unpaired) electrons. The third-order valence-electron chi connectivity index (χ3n) is 2.48. The zero-order valence-corrected chi connectivity index (χ0v) is 8.70. The Hall–Kier alpha value is -0.890. The molecule has 0 saturated heterocycles. The second-order valence-electron chi connectivity index (χ2n) is 3.15. The van der Waals surface area contributed by atoms with Crippen molar-refractivity contribution in [3.63, 3.8) is 0 Å². The molecule has 0 saturated carbocycles. The van der Waals surface area contributed by atoms with Crippen molar-refractivity contribution in [2.75, 3.05) is 13.1 Å². The molecule has 1 unspecified atom stereocenters. The third kappa shape index (κ3) is 2.52. The summed E-state index contributed by atoms with van der Waals surface area (Å²) in [6.45, 7) is 8.73. The van der Waals surface area contributed by atoms with Crippen LogP contribution in [0.1, 0.15) is 32.5 Å². The van der Waals surface area contributed by atoms with Gasteiger partial charge in [-0.1, -0.05) is 19.9 Å². The van der Waals surface area contributed by atoms with E-state index in [4.69, 9.17) is 0 Å². The summed E-state index contributed by atoms with van der Waals surface area (Å²) in [6, 6.07) is 6.51. The van der Waals surface area contributed by atoms with Crippen molar-refractivity contribution in [2.45, 2.75) is 26.8 Å². The fourth-order valence-electron chi connectivity index (χ4n) is 1.58. The van der Waals surface area contributed by atoms with E-state index in [1.165, 1.54) is 0 Å². The Balaban J connectivity index is 2.72. The topological polar surface area (TPSA) is 16.1 Å². The summed E-state index contributed by atoms with van der Waals surface area (Å²) in [5.41, 5.74) is 1.16. The van der Waals surface area contributed by atoms with Gasteiger partial charge in [0.1, 0.15) is 0 Å². The first kappa shape index (κ1) is 10.2. The lowest BCUT2D eigenvalue weighted by molar-refractivity contribution is 0.230. The van der Waals surface area contributed by atoms with Gasteiger partial charge < -0.3 is 0 Å². The minimum atomic E-state index is 0.427. The van der Waals surface area contributed by atoms with E-state index in [1.54, 1.807) is 0 Å². The lowest BCUT2D eigenvalue weighted by Gasteiger charge is -2.25. The Labute approximate surface area is 80.6 Å². The third-order valence-corrected chi connectivity index (χ3v) is 2.48. The smallest absolute Gasteiger partial charge is 0.0572 e. The summed E-state index contributed by atoms with van der Waals surface area (Å²) in [5, 5.41) is 0. The van der Waals surface area contributed by atoms with Gasteiger partial charge in [-0.05, 0) is 32.1 Å². The standard InChI is InChI=1S/C11H18N2/c1-4-13(5-2)10(3)11-8-6-7-9-12-11/h6-10H,4-5H2,1-3H3. The van der Waals surface area contributed by atoms with E-state index in [0.29, 0.717) is 6.04 Å². The van der Waals surface area contributed by atoms with Crippen LogP contribution in [-0.4, -0.2) is 23.0 Å². The highest BCUT2D eigenvalue weighted by atomic mass is 15.1. The van der Waals surface area contributed by atoms with Gasteiger partial charge in [0.2, 0.25) is 0 Å². The largest absolute Gasteiger partial charge is 0.296 e. The van der Waals surface area contributed by atoms with E-state index in [0.717, 1.165) is 18.8 Å². The summed E-state index contributed by atoms with van der Waals surface area (Å²) in [7, 11) is 0. The van der Waals surface area contributed by atoms with Gasteiger partial charge in [-0.15, -0.1) is 0 Å². The predicted octanol–water partition coefficient (Wildman–Crippen LogP) is 2.48. The van der Waals surface area contributed by atoms with Crippen LogP contribution in [0, 0.1) is 0 Å². The number of nitrogens with zero attached hydrogens (tertiary/aromatic N) is 2. The van der Waals surface area contributed by atoms with Crippen molar-refractivity contribution in [1.82, 2.24) is 9.88 Å². The van der Waals surface area contributed by atoms with Crippen LogP contribution in [0.5, 0.6) is 0 Å². The zero-order chi connectivity index (χ0) is 9.68. The van der Waals surface area contributed by atoms with Crippen LogP contribution in [0.3, 0.4) is 0 Å². The quantitative estimate of drug-likeness (QED) is 0.704. The lowest BCUT2D eigenvalue weighted by Crippen LogP contribution is -2.26. The molecule has 2 heteroatoms. The van der Waals surface area contributed by atoms with E-state index in [1.807, 2.05) is 18.3 Å². The van der Waals surface area contributed by atoms with Crippen LogP contribution in [-0.2, 0) is 0 Å². The molecule has 1 heterocycles. The van der Waals surface area contributed by atoms with Gasteiger partial charge in [-0.2, -0.15) is 0 Å². The van der Waals surface area contributed by atoms with E-state index >= 15 is 0 Å². The molecule has 0 aliphatic heterocycles. The van der Waals surface area contributed by atoms with Gasteiger partial charge in [0.25, 0.3) is 0 Å². The Bertz CT molecular complexity index is 229. The first-order valence-corrected chi connectivity index (χ1v) is 4.94. The van der Waals surface area contributed by atoms with Crippen LogP contribution >= 0.6 is 0 Å². The molecular weight excluding hydrogens is 160 g/mol. The highest BCUT2D eigenvalue weighted by molar-refractivity contribution is 5.07. The average Bonchev–Trinajstić information content (AvgIpc) is 2.21. The number of rotatable bonds is 4. The maximum atomic E-state index is 4.35. The Morgan fingerprint density at radius 2 is 2.00 bits per heavy atom. The highest BCUT2D eigenvalue weighted by Gasteiger charge is 2.12. The fraction of sp³-hybridized carbons (Fsp3) is 0.545. The maximum absolute atomic E-state index is 4.35. The number of hydrogen-bond acceptors (Lipinski definition) is 2. The maximum Gasteiger partial charge on any atom is 0.0572 e. The van der Waals surface area contributed by atoms with Gasteiger partial charge in [-0.25, -0.2) is 0 Å². The van der Waals surface area contributed by atoms with Crippen LogP contribution in [0.4, 0.5) is 0 Å². The second kappa shape index (κ2) is 4.97. The summed E-state index contributed by atoms with van der Waals surface area (Å²) in [4.78, 5) is 6.75. The predicted molar refractivity (Wildman–Crippen MR) is 55.6 cm³/mol. The molecule has 0 bridgehead atoms. The van der Waals surface area contributed by atoms with Gasteiger partial charge in [-0.3, -0.25) is 9.88 Å². The van der Waals surface area contributed by atoms with Crippen molar-refractivity contribution < 1.29 is 0 Å². The molecular formula is C11H18N2. The molecule has 1 aromatic rings. The highest BCUT2D eigenvalue weighted by Crippen LogP contribution is 2.16. The minimum Gasteiger partial charge on any atom is -0.296 e. The molecule has 0 fully saturated rings. The molecule has 0 aliphatic rings. The molecule has 0 aromatic carbocycles. The molecule has 0 spiro atoms. The molecule has 0 aliphatic carbocycles. The summed E-state index contributed by atoms with van der Waals surface area (Å²) >= 11 is 0. The van der Waals surface area contributed by atoms with Crippen molar-refractivity contribution in [3.8, 4) is 0 Å². The van der Waals surface area contributed by atoms with Crippen molar-refractivity contribution in [2.24, 2.45) is 0 Å². The molecule has 1 atom stereocenters. The van der Waals surface area contributed by atoms with Crippen LogP contribution in [0.2, 0.25) is 0 Å². The molecule has 72 valence electrons. The van der Waals surface area contributed by atoms with Crippen LogP contribution < -0.4 is 0 Å². The summed E-state index contributed by atoms with van der Waals surface area (Å²) < 4.78 is 0. The van der Waals surface area contributed by atoms with E-state index < -0.39 is 0 Å². The van der Waals surface area contributed by atoms with Gasteiger partial charge in [0, 0.05) is 12.2 Å². The van der Waals surface area contributed by atoms with E-state index in [2.05, 4.69) is 36.7 Å². The van der Waals surface area contributed by atoms with Crippen molar-refractivity contribution >= 4 is 0 Å². The summed E-state index contributed by atoms with van der Waals surface area (Å²) in [6.07, 6.45) is 1.86. The zero-order valence-electron chi connectivity index (χ0n) is 8.70. The molecule has 1 aromatic heterocycles. The van der Waals surface area contributed by atoms with E-state index in [9.17, 15) is 0 Å². The van der Waals surface area contributed by atoms with Gasteiger partial charge >= 0.3 is 0 Å². The van der Waals surface area contributed by atoms with E-state index in [-0.39, 0.29) is 0 Å². The van der Waals surface area contributed by atoms with Crippen LogP contribution in [0.15, 0.2) is 24.4 Å². The Morgan fingerprint density at radius 3 is 2.46 bits per heavy atom. The average molecular weight is 178 g/mol. The first-order chi connectivity index (χ1) is 6.29. The van der Waals surface area contributed by atoms with Crippen LogP contribution in [0.25, 0.3) is 0 Å². The summed E-state index contributed by atoms with van der Waals surface area (Å²) in [5.74, 6) is 0. The lowest BCUT2D eigenvalue weighted by atomic mass is 10.2. The molecule has 0 N–H and O–H groups in total. The molecule has 2 nitrogen and oxygen atoms in total. The number of hydrogen-bond donors (Lipinski definition) is 0. The molecule has 13 heavy (non-hydrogen) atoms. The Morgan fingerprint density at radius 1 is 1.31 bits per heavy atom. The first-order valence-electron chi connectivity index (χ1n) is 4.94. The number of aromatic nitrogens is 1.